The van der Waals surface area contributed by atoms with Gasteiger partial charge < -0.3 is 14.2 Å². The minimum atomic E-state index is -0.641. The van der Waals surface area contributed by atoms with Gasteiger partial charge in [0, 0.05) is 4.90 Å². The summed E-state index contributed by atoms with van der Waals surface area (Å²) < 4.78 is 19.3. The van der Waals surface area contributed by atoms with E-state index in [0.29, 0.717) is 38.7 Å². The van der Waals surface area contributed by atoms with Crippen molar-refractivity contribution in [2.24, 2.45) is 10.9 Å². The van der Waals surface area contributed by atoms with Crippen LogP contribution in [0.25, 0.3) is 6.08 Å². The molecule has 4 rings (SSSR count). The van der Waals surface area contributed by atoms with Crippen molar-refractivity contribution >= 4 is 35.1 Å². The number of allylic oxidation sites excluding steroid dienone is 1. The number of ether oxygens (including phenoxy) is 3. The van der Waals surface area contributed by atoms with Crippen molar-refractivity contribution in [3.63, 3.8) is 0 Å². The van der Waals surface area contributed by atoms with E-state index in [2.05, 4.69) is 6.92 Å². The monoisotopic (exact) mass is 594 g/mol. The Kier molecular flexibility index (Phi) is 10.5. The van der Waals surface area contributed by atoms with Crippen molar-refractivity contribution in [2.75, 3.05) is 26.6 Å². The van der Waals surface area contributed by atoms with Gasteiger partial charge in [-0.25, -0.2) is 9.79 Å². The topological polar surface area (TPSA) is 79.1 Å². The number of hydrogen-bond acceptors (Lipinski definition) is 8. The Hall–Kier alpha value is -3.30. The Labute approximate surface area is 249 Å². The summed E-state index contributed by atoms with van der Waals surface area (Å²) >= 11 is 2.94. The summed E-state index contributed by atoms with van der Waals surface area (Å²) in [4.78, 5) is 33.6. The smallest absolute Gasteiger partial charge is 0.338 e. The lowest BCUT2D eigenvalue weighted by Gasteiger charge is -2.25. The van der Waals surface area contributed by atoms with E-state index < -0.39 is 12.0 Å². The third-order valence-electron chi connectivity index (χ3n) is 6.71. The van der Waals surface area contributed by atoms with Crippen LogP contribution in [0.1, 0.15) is 64.1 Å². The molecule has 3 aromatic rings. The summed E-state index contributed by atoms with van der Waals surface area (Å²) in [5.41, 5.74) is 2.35. The van der Waals surface area contributed by atoms with Crippen LogP contribution >= 0.6 is 23.1 Å². The number of esters is 1. The Balaban J connectivity index is 1.78. The van der Waals surface area contributed by atoms with Crippen LogP contribution in [0.5, 0.6) is 11.5 Å². The molecule has 41 heavy (non-hydrogen) atoms. The van der Waals surface area contributed by atoms with Crippen LogP contribution in [0.2, 0.25) is 0 Å². The summed E-state index contributed by atoms with van der Waals surface area (Å²) in [7, 11) is 1.61. The van der Waals surface area contributed by atoms with Gasteiger partial charge in [-0.15, -0.1) is 11.8 Å². The van der Waals surface area contributed by atoms with Crippen LogP contribution in [-0.4, -0.2) is 37.1 Å². The number of unbranched alkanes of at least 4 members (excludes halogenated alkanes) is 2. The predicted molar refractivity (Wildman–Crippen MR) is 166 cm³/mol. The van der Waals surface area contributed by atoms with E-state index in [1.54, 1.807) is 30.4 Å². The van der Waals surface area contributed by atoms with E-state index >= 15 is 0 Å². The van der Waals surface area contributed by atoms with Crippen LogP contribution in [0.4, 0.5) is 0 Å². The molecule has 1 aromatic heterocycles. The fraction of sp³-hybridized carbons (Fsp3) is 0.406. The normalized spacial score (nSPS) is 15.1. The van der Waals surface area contributed by atoms with Crippen LogP contribution in [0.3, 0.4) is 0 Å². The van der Waals surface area contributed by atoms with Gasteiger partial charge in [0.05, 0.1) is 42.2 Å². The first kappa shape index (κ1) is 30.7. The number of carbonyl (C=O) groups excluding carboxylic acids is 1. The molecule has 0 radical (unpaired) electrons. The molecule has 0 amide bonds. The molecule has 0 bridgehead atoms. The van der Waals surface area contributed by atoms with Gasteiger partial charge >= 0.3 is 5.97 Å². The number of aromatic nitrogens is 1. The third kappa shape index (κ3) is 7.13. The van der Waals surface area contributed by atoms with E-state index in [1.165, 1.54) is 11.3 Å². The molecule has 218 valence electrons. The first-order valence-electron chi connectivity index (χ1n) is 13.9. The largest absolute Gasteiger partial charge is 0.493 e. The molecule has 0 saturated heterocycles. The van der Waals surface area contributed by atoms with Crippen LogP contribution < -0.4 is 24.4 Å². The van der Waals surface area contributed by atoms with Crippen LogP contribution in [-0.2, 0) is 9.53 Å². The number of rotatable bonds is 12. The Morgan fingerprint density at radius 3 is 2.56 bits per heavy atom. The van der Waals surface area contributed by atoms with Gasteiger partial charge in [-0.3, -0.25) is 9.36 Å². The lowest BCUT2D eigenvalue weighted by Crippen LogP contribution is -2.40. The molecule has 1 aliphatic rings. The van der Waals surface area contributed by atoms with Gasteiger partial charge in [0.15, 0.2) is 16.3 Å². The van der Waals surface area contributed by atoms with Crippen molar-refractivity contribution in [1.82, 2.24) is 4.57 Å². The summed E-state index contributed by atoms with van der Waals surface area (Å²) in [5, 5.41) is 0. The van der Waals surface area contributed by atoms with Gasteiger partial charge in [-0.05, 0) is 67.0 Å². The Morgan fingerprint density at radius 1 is 1.15 bits per heavy atom. The highest BCUT2D eigenvalue weighted by Crippen LogP contribution is 2.32. The molecule has 0 fully saturated rings. The summed E-state index contributed by atoms with van der Waals surface area (Å²) in [5.74, 6) is 1.02. The molecule has 0 saturated carbocycles. The third-order valence-corrected chi connectivity index (χ3v) is 8.44. The van der Waals surface area contributed by atoms with E-state index in [-0.39, 0.29) is 18.1 Å². The van der Waals surface area contributed by atoms with Crippen molar-refractivity contribution in [2.45, 2.75) is 57.9 Å². The van der Waals surface area contributed by atoms with Gasteiger partial charge in [0.25, 0.3) is 5.56 Å². The lowest BCUT2D eigenvalue weighted by atomic mass is 9.96. The van der Waals surface area contributed by atoms with Crippen LogP contribution in [0, 0.1) is 5.92 Å². The van der Waals surface area contributed by atoms with Crippen molar-refractivity contribution in [3.05, 3.63) is 84.5 Å². The quantitative estimate of drug-likeness (QED) is 0.151. The predicted octanol–water partition coefficient (Wildman–Crippen LogP) is 5.73. The highest BCUT2D eigenvalue weighted by molar-refractivity contribution is 7.98. The number of fused-ring (bicyclic) bond motifs is 1. The number of nitrogens with zero attached hydrogens (tertiary/aromatic N) is 2. The van der Waals surface area contributed by atoms with E-state index in [0.717, 1.165) is 35.3 Å². The molecular weight excluding hydrogens is 556 g/mol. The van der Waals surface area contributed by atoms with Crippen molar-refractivity contribution in [3.8, 4) is 11.5 Å². The maximum Gasteiger partial charge on any atom is 0.338 e. The Bertz CT molecular complexity index is 1590. The average molecular weight is 595 g/mol. The fourth-order valence-electron chi connectivity index (χ4n) is 4.58. The highest BCUT2D eigenvalue weighted by Gasteiger charge is 2.33. The molecule has 2 aromatic carbocycles. The lowest BCUT2D eigenvalue weighted by molar-refractivity contribution is -0.140. The van der Waals surface area contributed by atoms with Gasteiger partial charge in [0.2, 0.25) is 0 Å². The van der Waals surface area contributed by atoms with Crippen molar-refractivity contribution < 1.29 is 19.0 Å². The zero-order valence-corrected chi connectivity index (χ0v) is 26.2. The van der Waals surface area contributed by atoms with Crippen molar-refractivity contribution in [1.29, 1.82) is 0 Å². The molecule has 1 atom stereocenters. The zero-order valence-electron chi connectivity index (χ0n) is 24.6. The highest BCUT2D eigenvalue weighted by atomic mass is 32.2. The summed E-state index contributed by atoms with van der Waals surface area (Å²) in [6.07, 6.45) is 7.06. The maximum atomic E-state index is 13.9. The van der Waals surface area contributed by atoms with Gasteiger partial charge in [0.1, 0.15) is 0 Å². The van der Waals surface area contributed by atoms with Crippen LogP contribution in [0.15, 0.2) is 68.4 Å². The van der Waals surface area contributed by atoms with E-state index in [9.17, 15) is 9.59 Å². The number of thiazole rings is 1. The molecule has 1 aliphatic heterocycles. The first-order chi connectivity index (χ1) is 19.8. The number of benzene rings is 2. The SMILES string of the molecule is CCCCCOc1ccc(C=c2sc3n(c2=O)C(c2ccc(SC)cc2)C(C(=O)OCC(C)C)=C(C)N=3)cc1OC. The Morgan fingerprint density at radius 2 is 1.90 bits per heavy atom. The molecule has 0 N–H and O–H groups in total. The number of carbonyl (C=O) groups is 1. The minimum absolute atomic E-state index is 0.186. The fourth-order valence-corrected chi connectivity index (χ4v) is 6.04. The molecule has 2 heterocycles. The standard InChI is InChI=1S/C32H38N2O5S2/c1-7-8-9-16-38-25-15-10-22(17-26(25)37-5)18-27-30(35)34-29(23-11-13-24(40-6)14-12-23)28(21(4)33-32(34)41-27)31(36)39-19-20(2)3/h10-15,17-18,20,29H,7-9,16,19H2,1-6H3. The molecular formula is C32H38N2O5S2. The second-order valence-electron chi connectivity index (χ2n) is 10.3. The molecule has 0 aliphatic carbocycles. The van der Waals surface area contributed by atoms with Gasteiger partial charge in [-0.2, -0.15) is 0 Å². The first-order valence-corrected chi connectivity index (χ1v) is 16.0. The molecule has 0 spiro atoms. The number of thioether (sulfide) groups is 1. The van der Waals surface area contributed by atoms with Gasteiger partial charge in [-0.1, -0.05) is 63.1 Å². The second-order valence-corrected chi connectivity index (χ2v) is 12.2. The summed E-state index contributed by atoms with van der Waals surface area (Å²) in [6.45, 7) is 8.85. The molecule has 1 unspecified atom stereocenters. The maximum absolute atomic E-state index is 13.9. The summed E-state index contributed by atoms with van der Waals surface area (Å²) in [6, 6.07) is 12.9. The average Bonchev–Trinajstić information content (AvgIpc) is 3.27. The zero-order chi connectivity index (χ0) is 29.5. The molecule has 7 nitrogen and oxygen atoms in total. The number of hydrogen-bond donors (Lipinski definition) is 0. The van der Waals surface area contributed by atoms with E-state index in [1.807, 2.05) is 68.6 Å². The second kappa shape index (κ2) is 14.0. The van der Waals surface area contributed by atoms with E-state index in [4.69, 9.17) is 19.2 Å². The number of methoxy groups -OCH3 is 1. The molecule has 9 heteroatoms. The minimum Gasteiger partial charge on any atom is -0.493 e.